The van der Waals surface area contributed by atoms with Gasteiger partial charge in [0.15, 0.2) is 5.82 Å². The van der Waals surface area contributed by atoms with Gasteiger partial charge in [-0.1, -0.05) is 0 Å². The molecule has 0 aliphatic carbocycles. The van der Waals surface area contributed by atoms with Gasteiger partial charge in [-0.2, -0.15) is 0 Å². The van der Waals surface area contributed by atoms with Crippen molar-refractivity contribution in [1.29, 1.82) is 0 Å². The number of aliphatic imine (C=N–C) groups is 1. The number of rotatable bonds is 0. The number of aryl methyl sites for hydroxylation is 1. The van der Waals surface area contributed by atoms with Crippen LogP contribution < -0.4 is 5.32 Å². The third-order valence-electron chi connectivity index (χ3n) is 1.46. The van der Waals surface area contributed by atoms with E-state index in [4.69, 9.17) is 0 Å². The molecule has 0 amide bonds. The molecule has 1 aromatic heterocycles. The second-order valence-electron chi connectivity index (χ2n) is 2.41. The zero-order chi connectivity index (χ0) is 7.68. The molecule has 0 bridgehead atoms. The molecule has 1 aromatic rings. The molecule has 0 saturated carbocycles. The molecule has 0 aromatic carbocycles. The Bertz CT molecular complexity index is 348. The van der Waals surface area contributed by atoms with Crippen molar-refractivity contribution in [3.8, 4) is 0 Å². The van der Waals surface area contributed by atoms with Crippen LogP contribution in [-0.2, 0) is 0 Å². The molecule has 0 unspecified atom stereocenters. The quantitative estimate of drug-likeness (QED) is 0.602. The molecule has 1 aliphatic rings. The summed E-state index contributed by atoms with van der Waals surface area (Å²) in [6, 6.07) is 1.97. The van der Waals surface area contributed by atoms with Crippen LogP contribution in [0, 0.1) is 6.92 Å². The van der Waals surface area contributed by atoms with Crippen LogP contribution in [0.4, 0.5) is 11.5 Å². The normalized spacial score (nSPS) is 12.5. The van der Waals surface area contributed by atoms with Crippen LogP contribution in [-0.4, -0.2) is 10.9 Å². The lowest BCUT2D eigenvalue weighted by molar-refractivity contribution is 1.24. The predicted molar refractivity (Wildman–Crippen MR) is 44.3 cm³/mol. The summed E-state index contributed by atoms with van der Waals surface area (Å²) in [5, 5.41) is 2.95. The Morgan fingerprint density at radius 2 is 2.45 bits per heavy atom. The van der Waals surface area contributed by atoms with Gasteiger partial charge in [0.1, 0.15) is 5.69 Å². The summed E-state index contributed by atoms with van der Waals surface area (Å²) in [6.45, 7) is 1.99. The molecule has 11 heavy (non-hydrogen) atoms. The minimum atomic E-state index is 0.800. The van der Waals surface area contributed by atoms with Crippen molar-refractivity contribution in [2.45, 2.75) is 6.92 Å². The first-order chi connectivity index (χ1) is 5.36. The van der Waals surface area contributed by atoms with Crippen molar-refractivity contribution in [3.05, 3.63) is 24.0 Å². The summed E-state index contributed by atoms with van der Waals surface area (Å²) in [5.41, 5.74) is 1.96. The Morgan fingerprint density at radius 1 is 1.55 bits per heavy atom. The molecule has 0 atom stereocenters. The fourth-order valence-corrected chi connectivity index (χ4v) is 0.953. The molecule has 0 radical (unpaired) electrons. The molecule has 1 aliphatic heterocycles. The summed E-state index contributed by atoms with van der Waals surface area (Å²) in [6.07, 6.45) is 3.45. The second-order valence-corrected chi connectivity index (χ2v) is 2.41. The second kappa shape index (κ2) is 2.22. The molecule has 2 heterocycles. The van der Waals surface area contributed by atoms with Gasteiger partial charge < -0.3 is 5.32 Å². The summed E-state index contributed by atoms with van der Waals surface area (Å²) in [4.78, 5) is 8.17. The SMILES string of the molecule is Cc1cnc2c(c1)N=C=CN2. The Morgan fingerprint density at radius 3 is 3.36 bits per heavy atom. The monoisotopic (exact) mass is 145 g/mol. The highest BCUT2D eigenvalue weighted by atomic mass is 15.0. The number of aromatic nitrogens is 1. The van der Waals surface area contributed by atoms with Gasteiger partial charge in [-0.3, -0.25) is 0 Å². The molecule has 0 fully saturated rings. The third kappa shape index (κ3) is 1.02. The Hall–Kier alpha value is -1.60. The summed E-state index contributed by atoms with van der Waals surface area (Å²) >= 11 is 0. The number of anilines is 1. The number of fused-ring (bicyclic) bond motifs is 1. The van der Waals surface area contributed by atoms with E-state index in [1.165, 1.54) is 0 Å². The van der Waals surface area contributed by atoms with Crippen molar-refractivity contribution in [3.63, 3.8) is 0 Å². The minimum absolute atomic E-state index is 0.800. The lowest BCUT2D eigenvalue weighted by atomic mass is 10.3. The van der Waals surface area contributed by atoms with Crippen molar-refractivity contribution >= 4 is 17.4 Å². The summed E-state index contributed by atoms with van der Waals surface area (Å²) in [5.74, 6) is 3.52. The smallest absolute Gasteiger partial charge is 0.157 e. The molecule has 54 valence electrons. The van der Waals surface area contributed by atoms with Gasteiger partial charge in [0.25, 0.3) is 0 Å². The molecule has 0 spiro atoms. The van der Waals surface area contributed by atoms with Gasteiger partial charge in [0.05, 0.1) is 6.20 Å². The van der Waals surface area contributed by atoms with Gasteiger partial charge in [-0.05, 0) is 18.6 Å². The average Bonchev–Trinajstić information content (AvgIpc) is 2.04. The van der Waals surface area contributed by atoms with E-state index in [1.54, 1.807) is 12.4 Å². The van der Waals surface area contributed by atoms with Gasteiger partial charge in [-0.15, -0.1) is 0 Å². The number of hydrogen-bond acceptors (Lipinski definition) is 3. The van der Waals surface area contributed by atoms with E-state index in [2.05, 4.69) is 21.2 Å². The Labute approximate surface area is 64.5 Å². The predicted octanol–water partition coefficient (Wildman–Crippen LogP) is 1.63. The van der Waals surface area contributed by atoms with E-state index in [0.29, 0.717) is 0 Å². The average molecular weight is 145 g/mol. The fraction of sp³-hybridized carbons (Fsp3) is 0.125. The molecule has 3 nitrogen and oxygen atoms in total. The van der Waals surface area contributed by atoms with Crippen LogP contribution >= 0.6 is 0 Å². The largest absolute Gasteiger partial charge is 0.337 e. The zero-order valence-electron chi connectivity index (χ0n) is 6.13. The molecular weight excluding hydrogens is 138 g/mol. The van der Waals surface area contributed by atoms with E-state index in [1.807, 2.05) is 13.0 Å². The van der Waals surface area contributed by atoms with Crippen LogP contribution in [0.1, 0.15) is 5.56 Å². The highest BCUT2D eigenvalue weighted by Crippen LogP contribution is 2.23. The fourth-order valence-electron chi connectivity index (χ4n) is 0.953. The Balaban J connectivity index is 2.62. The zero-order valence-corrected chi connectivity index (χ0v) is 6.13. The van der Waals surface area contributed by atoms with Gasteiger partial charge in [0, 0.05) is 12.1 Å². The van der Waals surface area contributed by atoms with Crippen molar-refractivity contribution in [2.24, 2.45) is 4.99 Å². The highest BCUT2D eigenvalue weighted by Gasteiger charge is 2.02. The van der Waals surface area contributed by atoms with Crippen molar-refractivity contribution in [2.75, 3.05) is 5.32 Å². The topological polar surface area (TPSA) is 37.3 Å². The van der Waals surface area contributed by atoms with E-state index >= 15 is 0 Å². The molecule has 2 rings (SSSR count). The van der Waals surface area contributed by atoms with Crippen molar-refractivity contribution in [1.82, 2.24) is 4.98 Å². The highest BCUT2D eigenvalue weighted by molar-refractivity contribution is 5.74. The Kier molecular flexibility index (Phi) is 1.24. The minimum Gasteiger partial charge on any atom is -0.337 e. The van der Waals surface area contributed by atoms with Gasteiger partial charge >= 0.3 is 0 Å². The standard InChI is InChI=1S/C8H7N3/c1-6-4-7-8(11-5-6)10-3-2-9-7/h3-5H,1H3,(H,10,11). The van der Waals surface area contributed by atoms with Crippen LogP contribution in [0.2, 0.25) is 0 Å². The number of nitrogens with zero attached hydrogens (tertiary/aromatic N) is 2. The van der Waals surface area contributed by atoms with Gasteiger partial charge in [-0.25, -0.2) is 9.98 Å². The van der Waals surface area contributed by atoms with E-state index in [0.717, 1.165) is 17.1 Å². The van der Waals surface area contributed by atoms with E-state index < -0.39 is 0 Å². The maximum atomic E-state index is 4.14. The van der Waals surface area contributed by atoms with Crippen molar-refractivity contribution < 1.29 is 0 Å². The molecule has 1 N–H and O–H groups in total. The molecule has 0 saturated heterocycles. The molecule has 3 heteroatoms. The lowest BCUT2D eigenvalue weighted by Crippen LogP contribution is -1.95. The number of hydrogen-bond donors (Lipinski definition) is 1. The van der Waals surface area contributed by atoms with Crippen LogP contribution in [0.5, 0.6) is 0 Å². The number of nitrogens with one attached hydrogen (secondary N) is 1. The third-order valence-corrected chi connectivity index (χ3v) is 1.46. The molecular formula is C8H7N3. The maximum Gasteiger partial charge on any atom is 0.157 e. The summed E-state index contributed by atoms with van der Waals surface area (Å²) < 4.78 is 0. The van der Waals surface area contributed by atoms with E-state index in [-0.39, 0.29) is 0 Å². The maximum absolute atomic E-state index is 4.14. The van der Waals surface area contributed by atoms with Crippen LogP contribution in [0.15, 0.2) is 23.5 Å². The first-order valence-corrected chi connectivity index (χ1v) is 3.37. The first kappa shape index (κ1) is 6.13. The van der Waals surface area contributed by atoms with E-state index in [9.17, 15) is 0 Å². The van der Waals surface area contributed by atoms with Gasteiger partial charge in [0.2, 0.25) is 0 Å². The van der Waals surface area contributed by atoms with Crippen LogP contribution in [0.25, 0.3) is 0 Å². The lowest BCUT2D eigenvalue weighted by Gasteiger charge is -2.05. The first-order valence-electron chi connectivity index (χ1n) is 3.37. The van der Waals surface area contributed by atoms with Crippen LogP contribution in [0.3, 0.4) is 0 Å². The summed E-state index contributed by atoms with van der Waals surface area (Å²) in [7, 11) is 0. The number of pyridine rings is 1.